The molecule has 2 N–H and O–H groups in total. The summed E-state index contributed by atoms with van der Waals surface area (Å²) < 4.78 is 5.93. The predicted molar refractivity (Wildman–Crippen MR) is 78.7 cm³/mol. The molecule has 20 heavy (non-hydrogen) atoms. The molecule has 100 valence electrons. The molecule has 3 rings (SSSR count). The third-order valence-electron chi connectivity index (χ3n) is 3.09. The average molecular weight is 265 g/mol. The van der Waals surface area contributed by atoms with Gasteiger partial charge in [0.1, 0.15) is 5.52 Å². The van der Waals surface area contributed by atoms with E-state index in [-0.39, 0.29) is 6.04 Å². The lowest BCUT2D eigenvalue weighted by molar-refractivity contribution is 0.456. The fourth-order valence-electron chi connectivity index (χ4n) is 2.10. The Bertz CT molecular complexity index is 735. The van der Waals surface area contributed by atoms with E-state index in [1.54, 1.807) is 12.4 Å². The minimum Gasteiger partial charge on any atom is -0.436 e. The molecular weight excluding hydrogens is 250 g/mol. The van der Waals surface area contributed by atoms with Crippen LogP contribution in [-0.4, -0.2) is 9.97 Å². The number of rotatable bonds is 3. The second kappa shape index (κ2) is 5.27. The highest BCUT2D eigenvalue weighted by atomic mass is 16.5. The van der Waals surface area contributed by atoms with Gasteiger partial charge in [-0.25, -0.2) is 4.98 Å². The molecule has 0 unspecified atom stereocenters. The molecule has 0 aliphatic carbocycles. The number of nitrogens with zero attached hydrogens (tertiary/aromatic N) is 2. The zero-order valence-corrected chi connectivity index (χ0v) is 11.2. The maximum absolute atomic E-state index is 5.95. The zero-order valence-electron chi connectivity index (χ0n) is 11.2. The van der Waals surface area contributed by atoms with Gasteiger partial charge < -0.3 is 10.5 Å². The first-order chi connectivity index (χ1) is 9.75. The van der Waals surface area contributed by atoms with Gasteiger partial charge in [0.2, 0.25) is 5.88 Å². The standard InChI is InChI=1S/C16H15N3O/c1-11(17)13-7-4-10-19-16(13)20-14-8-2-5-12-6-3-9-18-15(12)14/h2-11H,17H2,1H3/t11-/m0/s1. The fourth-order valence-corrected chi connectivity index (χ4v) is 2.10. The molecule has 2 aromatic heterocycles. The summed E-state index contributed by atoms with van der Waals surface area (Å²) in [6.45, 7) is 1.91. The number of ether oxygens (including phenoxy) is 1. The molecule has 4 heteroatoms. The van der Waals surface area contributed by atoms with Gasteiger partial charge in [0.25, 0.3) is 0 Å². The molecule has 3 aromatic rings. The van der Waals surface area contributed by atoms with Crippen molar-refractivity contribution in [2.75, 3.05) is 0 Å². The number of benzene rings is 1. The van der Waals surface area contributed by atoms with Crippen LogP contribution in [0.5, 0.6) is 11.6 Å². The van der Waals surface area contributed by atoms with E-state index in [1.807, 2.05) is 49.4 Å². The summed E-state index contributed by atoms with van der Waals surface area (Å²) in [5.41, 5.74) is 7.64. The SMILES string of the molecule is C[C@H](N)c1cccnc1Oc1cccc2cccnc12. The lowest BCUT2D eigenvalue weighted by atomic mass is 10.1. The molecule has 0 bridgehead atoms. The monoisotopic (exact) mass is 265 g/mol. The van der Waals surface area contributed by atoms with E-state index in [0.717, 1.165) is 16.5 Å². The Hall–Kier alpha value is -2.46. The van der Waals surface area contributed by atoms with Crippen LogP contribution in [0.4, 0.5) is 0 Å². The van der Waals surface area contributed by atoms with Crippen molar-refractivity contribution in [3.05, 3.63) is 60.4 Å². The van der Waals surface area contributed by atoms with Crippen LogP contribution in [0.1, 0.15) is 18.5 Å². The van der Waals surface area contributed by atoms with Crippen molar-refractivity contribution in [3.8, 4) is 11.6 Å². The third-order valence-corrected chi connectivity index (χ3v) is 3.09. The van der Waals surface area contributed by atoms with Crippen LogP contribution in [0.3, 0.4) is 0 Å². The Morgan fingerprint density at radius 3 is 2.60 bits per heavy atom. The van der Waals surface area contributed by atoms with Crippen molar-refractivity contribution < 1.29 is 4.74 Å². The molecule has 0 saturated heterocycles. The first-order valence-corrected chi connectivity index (χ1v) is 6.48. The maximum Gasteiger partial charge on any atom is 0.224 e. The Kier molecular flexibility index (Phi) is 3.31. The van der Waals surface area contributed by atoms with Gasteiger partial charge in [-0.3, -0.25) is 4.98 Å². The van der Waals surface area contributed by atoms with E-state index >= 15 is 0 Å². The first kappa shape index (κ1) is 12.6. The molecule has 1 aromatic carbocycles. The van der Waals surface area contributed by atoms with Crippen LogP contribution in [0.15, 0.2) is 54.9 Å². The molecular formula is C16H15N3O. The lowest BCUT2D eigenvalue weighted by Gasteiger charge is -2.13. The summed E-state index contributed by atoms with van der Waals surface area (Å²) >= 11 is 0. The number of hydrogen-bond acceptors (Lipinski definition) is 4. The predicted octanol–water partition coefficient (Wildman–Crippen LogP) is 3.44. The van der Waals surface area contributed by atoms with Gasteiger partial charge in [-0.15, -0.1) is 0 Å². The van der Waals surface area contributed by atoms with Crippen molar-refractivity contribution >= 4 is 10.9 Å². The normalized spacial score (nSPS) is 12.3. The van der Waals surface area contributed by atoms with Crippen LogP contribution in [0.25, 0.3) is 10.9 Å². The summed E-state index contributed by atoms with van der Waals surface area (Å²) in [6, 6.07) is 13.4. The van der Waals surface area contributed by atoms with Gasteiger partial charge in [0.05, 0.1) is 0 Å². The van der Waals surface area contributed by atoms with Gasteiger partial charge in [-0.2, -0.15) is 0 Å². The molecule has 0 spiro atoms. The van der Waals surface area contributed by atoms with Gasteiger partial charge in [0, 0.05) is 29.4 Å². The maximum atomic E-state index is 5.95. The van der Waals surface area contributed by atoms with Crippen LogP contribution in [0, 0.1) is 0 Å². The number of fused-ring (bicyclic) bond motifs is 1. The summed E-state index contributed by atoms with van der Waals surface area (Å²) in [5, 5.41) is 1.03. The molecule has 0 saturated carbocycles. The van der Waals surface area contributed by atoms with Crippen molar-refractivity contribution in [3.63, 3.8) is 0 Å². The number of nitrogens with two attached hydrogens (primary N) is 1. The number of hydrogen-bond donors (Lipinski definition) is 1. The Morgan fingerprint density at radius 1 is 1.00 bits per heavy atom. The number of pyridine rings is 2. The second-order valence-corrected chi connectivity index (χ2v) is 4.62. The van der Waals surface area contributed by atoms with Crippen molar-refractivity contribution in [1.29, 1.82) is 0 Å². The summed E-state index contributed by atoms with van der Waals surface area (Å²) in [4.78, 5) is 8.64. The Balaban J connectivity index is 2.06. The molecule has 2 heterocycles. The smallest absolute Gasteiger partial charge is 0.224 e. The van der Waals surface area contributed by atoms with Gasteiger partial charge >= 0.3 is 0 Å². The molecule has 0 radical (unpaired) electrons. The summed E-state index contributed by atoms with van der Waals surface area (Å²) in [6.07, 6.45) is 3.44. The van der Waals surface area contributed by atoms with Crippen molar-refractivity contribution in [1.82, 2.24) is 9.97 Å². The van der Waals surface area contributed by atoms with Crippen LogP contribution >= 0.6 is 0 Å². The molecule has 0 amide bonds. The number of aromatic nitrogens is 2. The zero-order chi connectivity index (χ0) is 13.9. The molecule has 0 fully saturated rings. The molecule has 0 aliphatic heterocycles. The van der Waals surface area contributed by atoms with E-state index in [9.17, 15) is 0 Å². The van der Waals surface area contributed by atoms with Crippen LogP contribution in [0.2, 0.25) is 0 Å². The molecule has 1 atom stereocenters. The minimum absolute atomic E-state index is 0.137. The lowest BCUT2D eigenvalue weighted by Crippen LogP contribution is -2.07. The molecule has 0 aliphatic rings. The summed E-state index contributed by atoms with van der Waals surface area (Å²) in [5.74, 6) is 1.21. The van der Waals surface area contributed by atoms with E-state index in [1.165, 1.54) is 0 Å². The largest absolute Gasteiger partial charge is 0.436 e. The van der Waals surface area contributed by atoms with E-state index in [4.69, 9.17) is 10.5 Å². The van der Waals surface area contributed by atoms with Crippen LogP contribution in [-0.2, 0) is 0 Å². The van der Waals surface area contributed by atoms with E-state index < -0.39 is 0 Å². The van der Waals surface area contributed by atoms with E-state index in [0.29, 0.717) is 11.6 Å². The number of para-hydroxylation sites is 1. The highest BCUT2D eigenvalue weighted by Gasteiger charge is 2.11. The van der Waals surface area contributed by atoms with Gasteiger partial charge in [-0.05, 0) is 25.1 Å². The third kappa shape index (κ3) is 2.33. The Labute approximate surface area is 117 Å². The quantitative estimate of drug-likeness (QED) is 0.788. The minimum atomic E-state index is -0.137. The summed E-state index contributed by atoms with van der Waals surface area (Å²) in [7, 11) is 0. The topological polar surface area (TPSA) is 61.0 Å². The van der Waals surface area contributed by atoms with E-state index in [2.05, 4.69) is 9.97 Å². The Morgan fingerprint density at radius 2 is 1.75 bits per heavy atom. The fraction of sp³-hybridized carbons (Fsp3) is 0.125. The molecule has 4 nitrogen and oxygen atoms in total. The first-order valence-electron chi connectivity index (χ1n) is 6.48. The van der Waals surface area contributed by atoms with Crippen molar-refractivity contribution in [2.24, 2.45) is 5.73 Å². The van der Waals surface area contributed by atoms with Crippen LogP contribution < -0.4 is 10.5 Å². The second-order valence-electron chi connectivity index (χ2n) is 4.62. The highest BCUT2D eigenvalue weighted by molar-refractivity contribution is 5.84. The average Bonchev–Trinajstić information content (AvgIpc) is 2.48. The highest BCUT2D eigenvalue weighted by Crippen LogP contribution is 2.30. The van der Waals surface area contributed by atoms with Crippen molar-refractivity contribution in [2.45, 2.75) is 13.0 Å². The van der Waals surface area contributed by atoms with Gasteiger partial charge in [-0.1, -0.05) is 24.3 Å². The van der Waals surface area contributed by atoms with Gasteiger partial charge in [0.15, 0.2) is 5.75 Å².